The maximum absolute atomic E-state index is 6.52. The molecule has 0 amide bonds. The summed E-state index contributed by atoms with van der Waals surface area (Å²) in [7, 11) is 0. The molecule has 0 fully saturated rings. The van der Waals surface area contributed by atoms with Gasteiger partial charge in [-0.3, -0.25) is 0 Å². The van der Waals surface area contributed by atoms with Gasteiger partial charge in [0, 0.05) is 0 Å². The Bertz CT molecular complexity index is 2010. The summed E-state index contributed by atoms with van der Waals surface area (Å²) in [5.41, 5.74) is 14.3. The number of benzene rings is 4. The van der Waals surface area contributed by atoms with E-state index in [0.29, 0.717) is 5.92 Å². The second-order valence-corrected chi connectivity index (χ2v) is 27.3. The summed E-state index contributed by atoms with van der Waals surface area (Å²) in [4.78, 5) is 0. The van der Waals surface area contributed by atoms with Gasteiger partial charge in [0.15, 0.2) is 0 Å². The Morgan fingerprint density at radius 1 is 0.596 bits per heavy atom. The normalized spacial score (nSPS) is 15.5. The zero-order chi connectivity index (χ0) is 36.4. The van der Waals surface area contributed by atoms with Crippen LogP contribution in [0.25, 0.3) is 11.1 Å². The molecule has 4 aromatic rings. The maximum atomic E-state index is 6.52. The minimum atomic E-state index is -4.04. The van der Waals surface area contributed by atoms with E-state index >= 15 is 0 Å². The van der Waals surface area contributed by atoms with Crippen LogP contribution in [0, 0.1) is 11.3 Å². The van der Waals surface area contributed by atoms with Crippen LogP contribution in [-0.4, -0.2) is 7.42 Å². The molecule has 2 aliphatic carbocycles. The molecule has 5 heteroatoms. The van der Waals surface area contributed by atoms with Gasteiger partial charge in [-0.05, 0) is 0 Å². The van der Waals surface area contributed by atoms with Crippen LogP contribution in [-0.2, 0) is 30.1 Å². The average molecular weight is 852 g/mol. The van der Waals surface area contributed by atoms with Crippen molar-refractivity contribution in [1.82, 2.24) is 0 Å². The van der Waals surface area contributed by atoms with Crippen molar-refractivity contribution in [3.8, 4) is 11.1 Å². The number of allylic oxidation sites excluding steroid dienone is 4. The van der Waals surface area contributed by atoms with E-state index in [2.05, 4.69) is 175 Å². The van der Waals surface area contributed by atoms with Gasteiger partial charge >= 0.3 is 318 Å². The maximum Gasteiger partial charge on any atom is -1.00 e. The molecule has 6 rings (SSSR count). The van der Waals surface area contributed by atoms with E-state index < -0.39 is 19.3 Å². The van der Waals surface area contributed by atoms with Crippen LogP contribution >= 0.6 is 23.2 Å². The monoisotopic (exact) mass is 848 g/mol. The average Bonchev–Trinajstić information content (AvgIpc) is 3.56. The van der Waals surface area contributed by atoms with E-state index in [4.69, 9.17) is 23.2 Å². The summed E-state index contributed by atoms with van der Waals surface area (Å²) < 4.78 is 7.47. The summed E-state index contributed by atoms with van der Waals surface area (Å²) in [5, 5.41) is 1.54. The molecular weight excluding hydrogens is 798 g/mol. The topological polar surface area (TPSA) is 0 Å². The Labute approximate surface area is 340 Å². The molecule has 1 atom stereocenters. The van der Waals surface area contributed by atoms with Crippen LogP contribution in [0.15, 0.2) is 105 Å². The minimum Gasteiger partial charge on any atom is -1.00 e. The first-order valence-electron chi connectivity index (χ1n) is 18.3. The van der Waals surface area contributed by atoms with Crippen LogP contribution < -0.4 is 24.8 Å². The van der Waals surface area contributed by atoms with E-state index in [9.17, 15) is 0 Å². The van der Waals surface area contributed by atoms with Crippen molar-refractivity contribution in [3.63, 3.8) is 0 Å². The van der Waals surface area contributed by atoms with Gasteiger partial charge in [0.25, 0.3) is 0 Å². The standard InChI is InChI=1S/C21H25.C12H19.2C7H5Cl.2ClH.Zr/c1-20(2,3)16-9-7-14-11-15-8-10-17(21(4,5)6)13-19(15)18(14)12-16;1-6-10-7-9(2)8-11(10)12(3,4)5;2*1-6-2-4-7(8)5-3-6;;;/h7-13H,1-6H3;8-9H,6H2,1-5H3;2*1-5H;2*1H;/q;;;;;;+2/p-2. The fraction of sp³-hybridized carbons (Fsp3) is 0.362. The molecule has 274 valence electrons. The number of hydrogen-bond acceptors (Lipinski definition) is 0. The summed E-state index contributed by atoms with van der Waals surface area (Å²) in [6.07, 6.45) is 3.62. The number of halogens is 4. The molecule has 52 heavy (non-hydrogen) atoms. The third-order valence-electron chi connectivity index (χ3n) is 10.9. The molecule has 1 unspecified atom stereocenters. The predicted octanol–water partition coefficient (Wildman–Crippen LogP) is 7.81. The Morgan fingerprint density at radius 3 is 1.35 bits per heavy atom. The first kappa shape index (κ1) is 42.9. The first-order chi connectivity index (χ1) is 23.3. The van der Waals surface area contributed by atoms with Gasteiger partial charge in [-0.15, -0.1) is 0 Å². The van der Waals surface area contributed by atoms with Crippen molar-refractivity contribution in [2.75, 3.05) is 0 Å². The molecule has 0 spiro atoms. The summed E-state index contributed by atoms with van der Waals surface area (Å²) >= 11 is 9.00. The van der Waals surface area contributed by atoms with Crippen LogP contribution in [0.4, 0.5) is 0 Å². The van der Waals surface area contributed by atoms with Crippen molar-refractivity contribution in [2.24, 2.45) is 11.3 Å². The molecule has 0 radical (unpaired) electrons. The second-order valence-electron chi connectivity index (χ2n) is 17.7. The predicted molar refractivity (Wildman–Crippen MR) is 218 cm³/mol. The Kier molecular flexibility index (Phi) is 13.0. The third kappa shape index (κ3) is 8.21. The Morgan fingerprint density at radius 2 is 1.00 bits per heavy atom. The van der Waals surface area contributed by atoms with E-state index in [1.54, 1.807) is 8.85 Å². The van der Waals surface area contributed by atoms with Gasteiger partial charge in [0.2, 0.25) is 0 Å². The van der Waals surface area contributed by atoms with E-state index in [1.165, 1.54) is 50.1 Å². The summed E-state index contributed by atoms with van der Waals surface area (Å²) in [6.45, 7) is 26.0. The van der Waals surface area contributed by atoms with Crippen molar-refractivity contribution < 1.29 is 44.1 Å². The molecule has 0 aromatic heterocycles. The largest absolute Gasteiger partial charge is 1.00 e. The van der Waals surface area contributed by atoms with E-state index in [0.717, 1.165) is 16.5 Å². The number of hydrogen-bond donors (Lipinski definition) is 0. The Hall–Kier alpha value is -1.86. The van der Waals surface area contributed by atoms with Crippen molar-refractivity contribution in [1.29, 1.82) is 0 Å². The van der Waals surface area contributed by atoms with Crippen molar-refractivity contribution in [2.45, 2.75) is 97.0 Å². The zero-order valence-corrected chi connectivity index (χ0v) is 38.2. The fourth-order valence-electron chi connectivity index (χ4n) is 8.48. The van der Waals surface area contributed by atoms with Crippen LogP contribution in [0.1, 0.15) is 120 Å². The Balaban J connectivity index is 0.00000302. The van der Waals surface area contributed by atoms with Gasteiger partial charge in [-0.2, -0.15) is 0 Å². The van der Waals surface area contributed by atoms with Crippen molar-refractivity contribution >= 4 is 30.6 Å². The van der Waals surface area contributed by atoms with Crippen LogP contribution in [0.3, 0.4) is 0 Å². The van der Waals surface area contributed by atoms with Gasteiger partial charge in [-0.25, -0.2) is 0 Å². The van der Waals surface area contributed by atoms with Gasteiger partial charge < -0.3 is 24.8 Å². The zero-order valence-electron chi connectivity index (χ0n) is 32.7. The molecule has 0 heterocycles. The summed E-state index contributed by atoms with van der Waals surface area (Å²) in [5.74, 6) is 0.331. The molecule has 0 bridgehead atoms. The van der Waals surface area contributed by atoms with E-state index in [-0.39, 0.29) is 44.7 Å². The minimum absolute atomic E-state index is 0. The van der Waals surface area contributed by atoms with Crippen molar-refractivity contribution in [3.05, 3.63) is 149 Å². The molecule has 0 aliphatic heterocycles. The smallest absolute Gasteiger partial charge is 1.00 e. The molecule has 0 saturated heterocycles. The molecular formula is C47H54Cl4Zr. The molecule has 0 N–H and O–H groups in total. The van der Waals surface area contributed by atoms with Gasteiger partial charge in [0.05, 0.1) is 0 Å². The summed E-state index contributed by atoms with van der Waals surface area (Å²) in [6, 6.07) is 32.0. The molecule has 0 nitrogen and oxygen atoms in total. The van der Waals surface area contributed by atoms with E-state index in [1.807, 2.05) is 0 Å². The van der Waals surface area contributed by atoms with Crippen LogP contribution in [0.5, 0.6) is 0 Å². The molecule has 2 aliphatic rings. The number of rotatable bonds is 5. The third-order valence-corrected chi connectivity index (χ3v) is 23.5. The quantitative estimate of drug-likeness (QED) is 0.193. The molecule has 0 saturated carbocycles. The first-order valence-corrected chi connectivity index (χ1v) is 24.6. The van der Waals surface area contributed by atoms with Gasteiger partial charge in [-0.1, -0.05) is 0 Å². The second kappa shape index (κ2) is 15.7. The molecule has 4 aromatic carbocycles. The SMILES string of the molecule is CCC1=[C]([Zr+2](=[CH]c2ccc(Cl)cc2)(=[CH]c2ccc(Cl)cc2)[CH]2c3ccc(C(C)(C)C)cc3-c3cc(C(C)(C)C)ccc32)C(C)C=C1C(C)(C)C.[Cl-].[Cl-]. The number of fused-ring (bicyclic) bond motifs is 3. The van der Waals surface area contributed by atoms with Crippen LogP contribution in [0.2, 0.25) is 10.0 Å². The fourth-order valence-corrected chi connectivity index (χ4v) is 22.9. The van der Waals surface area contributed by atoms with Gasteiger partial charge in [0.1, 0.15) is 0 Å².